The summed E-state index contributed by atoms with van der Waals surface area (Å²) in [4.78, 5) is 12.4. The van der Waals surface area contributed by atoms with Crippen molar-refractivity contribution in [2.75, 3.05) is 7.11 Å². The third kappa shape index (κ3) is 3.05. The van der Waals surface area contributed by atoms with Crippen molar-refractivity contribution in [1.82, 2.24) is 24.7 Å². The molecule has 7 nitrogen and oxygen atoms in total. The Morgan fingerprint density at radius 3 is 2.74 bits per heavy atom. The Balaban J connectivity index is 2.16. The van der Waals surface area contributed by atoms with Gasteiger partial charge in [-0.15, -0.1) is 0 Å². The molecule has 0 fully saturated rings. The molecule has 0 radical (unpaired) electrons. The van der Waals surface area contributed by atoms with E-state index in [1.54, 1.807) is 19.5 Å². The van der Waals surface area contributed by atoms with Crippen molar-refractivity contribution in [1.29, 1.82) is 0 Å². The molecular weight excluding hydrogens is 244 g/mol. The molecule has 0 aliphatic rings. The molecular formula is C12H18N6O. The molecule has 0 amide bonds. The van der Waals surface area contributed by atoms with E-state index in [1.165, 1.54) is 6.33 Å². The van der Waals surface area contributed by atoms with E-state index in [0.717, 1.165) is 11.5 Å². The Morgan fingerprint density at radius 1 is 1.26 bits per heavy atom. The maximum Gasteiger partial charge on any atom is 0.216 e. The van der Waals surface area contributed by atoms with Gasteiger partial charge in [0, 0.05) is 18.5 Å². The van der Waals surface area contributed by atoms with Crippen LogP contribution < -0.4 is 10.5 Å². The first-order valence-electron chi connectivity index (χ1n) is 6.11. The number of methoxy groups -OCH3 is 1. The highest BCUT2D eigenvalue weighted by Gasteiger charge is 2.15. The van der Waals surface area contributed by atoms with Gasteiger partial charge in [0.2, 0.25) is 5.88 Å². The Kier molecular flexibility index (Phi) is 4.06. The number of hydrogen-bond donors (Lipinski definition) is 1. The zero-order valence-corrected chi connectivity index (χ0v) is 11.3. The van der Waals surface area contributed by atoms with Gasteiger partial charge in [0.05, 0.1) is 18.8 Å². The highest BCUT2D eigenvalue weighted by atomic mass is 16.5. The average Bonchev–Trinajstić information content (AvgIpc) is 2.87. The van der Waals surface area contributed by atoms with Gasteiger partial charge in [-0.05, 0) is 13.8 Å². The van der Waals surface area contributed by atoms with Gasteiger partial charge >= 0.3 is 0 Å². The fourth-order valence-electron chi connectivity index (χ4n) is 1.82. The van der Waals surface area contributed by atoms with Gasteiger partial charge in [-0.25, -0.2) is 19.6 Å². The quantitative estimate of drug-likeness (QED) is 0.860. The van der Waals surface area contributed by atoms with Crippen LogP contribution in [0.1, 0.15) is 37.4 Å². The monoisotopic (exact) mass is 262 g/mol. The molecule has 1 atom stereocenters. The van der Waals surface area contributed by atoms with Crippen molar-refractivity contribution in [3.05, 3.63) is 30.2 Å². The van der Waals surface area contributed by atoms with Crippen LogP contribution in [-0.2, 0) is 6.42 Å². The predicted octanol–water partition coefficient (Wildman–Crippen LogP) is 0.900. The highest BCUT2D eigenvalue weighted by molar-refractivity contribution is 5.17. The molecule has 19 heavy (non-hydrogen) atoms. The minimum Gasteiger partial charge on any atom is -0.481 e. The summed E-state index contributed by atoms with van der Waals surface area (Å²) < 4.78 is 6.92. The molecule has 2 aromatic rings. The number of ether oxygens (including phenoxy) is 1. The number of aromatic nitrogens is 5. The van der Waals surface area contributed by atoms with E-state index in [1.807, 2.05) is 4.68 Å². The highest BCUT2D eigenvalue weighted by Crippen LogP contribution is 2.17. The standard InChI is InChI=1S/C12H18N6O/c1-8(2)18-11(15-7-17-18)4-9(13)10-5-12(19-3)16-6-14-10/h5-9H,4,13H2,1-3H3. The average molecular weight is 262 g/mol. The molecule has 0 spiro atoms. The fourth-order valence-corrected chi connectivity index (χ4v) is 1.82. The summed E-state index contributed by atoms with van der Waals surface area (Å²) >= 11 is 0. The number of nitrogens with zero attached hydrogens (tertiary/aromatic N) is 5. The Hall–Kier alpha value is -2.02. The molecule has 0 aliphatic carbocycles. The van der Waals surface area contributed by atoms with Crippen LogP contribution in [0.3, 0.4) is 0 Å². The predicted molar refractivity (Wildman–Crippen MR) is 69.6 cm³/mol. The summed E-state index contributed by atoms with van der Waals surface area (Å²) in [7, 11) is 1.56. The van der Waals surface area contributed by atoms with E-state index in [-0.39, 0.29) is 12.1 Å². The summed E-state index contributed by atoms with van der Waals surface area (Å²) in [5, 5.41) is 4.19. The minimum atomic E-state index is -0.265. The normalized spacial score (nSPS) is 12.7. The lowest BCUT2D eigenvalue weighted by atomic mass is 10.1. The van der Waals surface area contributed by atoms with Crippen LogP contribution in [0.2, 0.25) is 0 Å². The minimum absolute atomic E-state index is 0.254. The smallest absolute Gasteiger partial charge is 0.216 e. The van der Waals surface area contributed by atoms with E-state index in [0.29, 0.717) is 12.3 Å². The molecule has 0 aliphatic heterocycles. The van der Waals surface area contributed by atoms with Crippen LogP contribution in [-0.4, -0.2) is 31.8 Å². The van der Waals surface area contributed by atoms with Crippen molar-refractivity contribution in [3.8, 4) is 5.88 Å². The Labute approximate surface area is 111 Å². The Morgan fingerprint density at radius 2 is 2.05 bits per heavy atom. The molecule has 102 valence electrons. The second-order valence-corrected chi connectivity index (χ2v) is 4.51. The van der Waals surface area contributed by atoms with Crippen LogP contribution in [0.25, 0.3) is 0 Å². The van der Waals surface area contributed by atoms with Gasteiger partial charge in [0.1, 0.15) is 18.5 Å². The van der Waals surface area contributed by atoms with Crippen molar-refractivity contribution in [2.45, 2.75) is 32.4 Å². The zero-order valence-electron chi connectivity index (χ0n) is 11.3. The van der Waals surface area contributed by atoms with E-state index in [2.05, 4.69) is 33.9 Å². The first-order chi connectivity index (χ1) is 9.11. The third-order valence-corrected chi connectivity index (χ3v) is 2.79. The van der Waals surface area contributed by atoms with Gasteiger partial charge < -0.3 is 10.5 Å². The van der Waals surface area contributed by atoms with Gasteiger partial charge in [0.15, 0.2) is 0 Å². The number of rotatable bonds is 5. The van der Waals surface area contributed by atoms with Gasteiger partial charge in [-0.3, -0.25) is 0 Å². The maximum atomic E-state index is 6.15. The molecule has 2 rings (SSSR count). The van der Waals surface area contributed by atoms with Crippen molar-refractivity contribution >= 4 is 0 Å². The second kappa shape index (κ2) is 5.75. The SMILES string of the molecule is COc1cc(C(N)Cc2ncnn2C(C)C)ncn1. The van der Waals surface area contributed by atoms with Crippen LogP contribution in [0, 0.1) is 0 Å². The van der Waals surface area contributed by atoms with Crippen LogP contribution >= 0.6 is 0 Å². The first kappa shape index (κ1) is 13.4. The number of hydrogen-bond acceptors (Lipinski definition) is 6. The van der Waals surface area contributed by atoms with Gasteiger partial charge in [-0.2, -0.15) is 5.10 Å². The zero-order chi connectivity index (χ0) is 13.8. The fraction of sp³-hybridized carbons (Fsp3) is 0.500. The van der Waals surface area contributed by atoms with Crippen molar-refractivity contribution in [3.63, 3.8) is 0 Å². The summed E-state index contributed by atoms with van der Waals surface area (Å²) in [6.07, 6.45) is 3.56. The summed E-state index contributed by atoms with van der Waals surface area (Å²) in [5.41, 5.74) is 6.88. The van der Waals surface area contributed by atoms with Gasteiger partial charge in [-0.1, -0.05) is 0 Å². The molecule has 2 heterocycles. The molecule has 2 N–H and O–H groups in total. The molecule has 7 heteroatoms. The largest absolute Gasteiger partial charge is 0.481 e. The van der Waals surface area contributed by atoms with Crippen molar-refractivity contribution < 1.29 is 4.74 Å². The molecule has 0 bridgehead atoms. The maximum absolute atomic E-state index is 6.15. The van der Waals surface area contributed by atoms with Gasteiger partial charge in [0.25, 0.3) is 0 Å². The molecule has 2 aromatic heterocycles. The topological polar surface area (TPSA) is 91.7 Å². The van der Waals surface area contributed by atoms with E-state index < -0.39 is 0 Å². The molecule has 1 unspecified atom stereocenters. The molecule has 0 saturated heterocycles. The second-order valence-electron chi connectivity index (χ2n) is 4.51. The summed E-state index contributed by atoms with van der Waals surface area (Å²) in [6, 6.07) is 1.73. The summed E-state index contributed by atoms with van der Waals surface area (Å²) in [5.74, 6) is 1.35. The van der Waals surface area contributed by atoms with E-state index in [4.69, 9.17) is 10.5 Å². The Bertz CT molecular complexity index is 539. The molecule has 0 aromatic carbocycles. The summed E-state index contributed by atoms with van der Waals surface area (Å²) in [6.45, 7) is 4.11. The third-order valence-electron chi connectivity index (χ3n) is 2.79. The van der Waals surface area contributed by atoms with Crippen LogP contribution in [0.15, 0.2) is 18.7 Å². The molecule has 0 saturated carbocycles. The van der Waals surface area contributed by atoms with Crippen LogP contribution in [0.4, 0.5) is 0 Å². The van der Waals surface area contributed by atoms with E-state index >= 15 is 0 Å². The first-order valence-corrected chi connectivity index (χ1v) is 6.11. The lowest BCUT2D eigenvalue weighted by Crippen LogP contribution is -2.19. The number of nitrogens with two attached hydrogens (primary N) is 1. The van der Waals surface area contributed by atoms with Crippen molar-refractivity contribution in [2.24, 2.45) is 5.73 Å². The lowest BCUT2D eigenvalue weighted by molar-refractivity contribution is 0.395. The van der Waals surface area contributed by atoms with E-state index in [9.17, 15) is 0 Å². The van der Waals surface area contributed by atoms with Crippen LogP contribution in [0.5, 0.6) is 5.88 Å². The lowest BCUT2D eigenvalue weighted by Gasteiger charge is -2.13.